The van der Waals surface area contributed by atoms with Crippen LogP contribution in [0.15, 0.2) is 42.5 Å². The van der Waals surface area contributed by atoms with Gasteiger partial charge in [0.05, 0.1) is 16.8 Å². The molecule has 164 valence electrons. The third kappa shape index (κ3) is 4.04. The van der Waals surface area contributed by atoms with Crippen molar-refractivity contribution in [3.63, 3.8) is 0 Å². The maximum absolute atomic E-state index is 13.3. The van der Waals surface area contributed by atoms with E-state index in [1.54, 1.807) is 6.07 Å². The lowest BCUT2D eigenvalue weighted by Crippen LogP contribution is -2.59. The Kier molecular flexibility index (Phi) is 4.79. The van der Waals surface area contributed by atoms with Gasteiger partial charge >= 0.3 is 6.18 Å². The van der Waals surface area contributed by atoms with Crippen LogP contribution >= 0.6 is 0 Å². The quantitative estimate of drug-likeness (QED) is 0.587. The molecule has 2 aromatic carbocycles. The fourth-order valence-electron chi connectivity index (χ4n) is 6.43. The Balaban J connectivity index is 1.37. The van der Waals surface area contributed by atoms with Gasteiger partial charge in [0.15, 0.2) is 0 Å². The summed E-state index contributed by atoms with van der Waals surface area (Å²) in [7, 11) is 0. The Bertz CT molecular complexity index is 962. The van der Waals surface area contributed by atoms with E-state index in [9.17, 15) is 18.0 Å². The zero-order valence-electron chi connectivity index (χ0n) is 17.6. The smallest absolute Gasteiger partial charge is 0.355 e. The molecule has 0 aromatic heterocycles. The molecule has 0 atom stereocenters. The van der Waals surface area contributed by atoms with Crippen molar-refractivity contribution < 1.29 is 18.0 Å². The van der Waals surface area contributed by atoms with Crippen molar-refractivity contribution in [3.8, 4) is 0 Å². The number of rotatable bonds is 4. The molecule has 4 saturated carbocycles. The summed E-state index contributed by atoms with van der Waals surface area (Å²) in [6, 6.07) is 10.5. The van der Waals surface area contributed by atoms with Gasteiger partial charge < -0.3 is 10.6 Å². The average molecular weight is 428 g/mol. The van der Waals surface area contributed by atoms with Crippen molar-refractivity contribution in [3.05, 3.63) is 59.2 Å². The molecule has 6 rings (SSSR count). The Morgan fingerprint density at radius 1 is 0.935 bits per heavy atom. The first-order valence-corrected chi connectivity index (χ1v) is 11.1. The van der Waals surface area contributed by atoms with Crippen molar-refractivity contribution in [2.45, 2.75) is 57.2 Å². The molecule has 0 unspecified atom stereocenters. The number of benzene rings is 2. The number of amides is 1. The first-order valence-electron chi connectivity index (χ1n) is 11.1. The lowest BCUT2D eigenvalue weighted by atomic mass is 9.53. The number of carbonyl (C=O) groups excluding carboxylic acids is 1. The summed E-state index contributed by atoms with van der Waals surface area (Å²) >= 11 is 0. The number of aryl methyl sites for hydroxylation is 1. The second-order valence-corrected chi connectivity index (χ2v) is 9.90. The largest absolute Gasteiger partial charge is 0.416 e. The van der Waals surface area contributed by atoms with Gasteiger partial charge in [-0.3, -0.25) is 4.79 Å². The normalized spacial score (nSPS) is 29.1. The lowest BCUT2D eigenvalue weighted by Gasteiger charge is -2.56. The van der Waals surface area contributed by atoms with E-state index in [1.807, 2.05) is 19.1 Å². The summed E-state index contributed by atoms with van der Waals surface area (Å²) in [5.41, 5.74) is 1.84. The van der Waals surface area contributed by atoms with Crippen LogP contribution in [0.2, 0.25) is 0 Å². The second kappa shape index (κ2) is 7.28. The third-order valence-corrected chi connectivity index (χ3v) is 7.33. The Labute approximate surface area is 180 Å². The maximum Gasteiger partial charge on any atom is 0.416 e. The molecule has 4 fully saturated rings. The minimum absolute atomic E-state index is 0.0949. The number of hydrogen-bond donors (Lipinski definition) is 2. The number of hydrogen-bond acceptors (Lipinski definition) is 2. The predicted octanol–water partition coefficient (Wildman–Crippen LogP) is 6.46. The van der Waals surface area contributed by atoms with E-state index in [4.69, 9.17) is 0 Å². The molecule has 0 spiro atoms. The van der Waals surface area contributed by atoms with Crippen LogP contribution in [0.4, 0.5) is 24.5 Å². The number of nitrogens with one attached hydrogen (secondary N) is 2. The Morgan fingerprint density at radius 3 is 2.06 bits per heavy atom. The van der Waals surface area contributed by atoms with Crippen LogP contribution in [0, 0.1) is 24.7 Å². The predicted molar refractivity (Wildman–Crippen MR) is 114 cm³/mol. The van der Waals surface area contributed by atoms with Crippen LogP contribution in [0.3, 0.4) is 0 Å². The highest BCUT2D eigenvalue weighted by molar-refractivity contribution is 6.01. The molecule has 0 radical (unpaired) electrons. The zero-order chi connectivity index (χ0) is 21.8. The number of anilines is 2. The minimum Gasteiger partial charge on any atom is -0.355 e. The van der Waals surface area contributed by atoms with Gasteiger partial charge in [-0.25, -0.2) is 0 Å². The van der Waals surface area contributed by atoms with Crippen molar-refractivity contribution in [2.75, 3.05) is 5.32 Å². The van der Waals surface area contributed by atoms with E-state index < -0.39 is 11.7 Å². The molecule has 4 aliphatic carbocycles. The number of alkyl halides is 3. The molecule has 31 heavy (non-hydrogen) atoms. The Morgan fingerprint density at radius 2 is 1.52 bits per heavy atom. The first kappa shape index (κ1) is 20.4. The van der Waals surface area contributed by atoms with E-state index in [0.29, 0.717) is 16.9 Å². The van der Waals surface area contributed by atoms with Gasteiger partial charge in [0.25, 0.3) is 5.91 Å². The molecule has 4 bridgehead atoms. The number of halogens is 3. The van der Waals surface area contributed by atoms with Crippen LogP contribution in [-0.4, -0.2) is 11.4 Å². The molecule has 0 aliphatic heterocycles. The highest BCUT2D eigenvalue weighted by atomic mass is 19.4. The van der Waals surface area contributed by atoms with Gasteiger partial charge in [0.2, 0.25) is 0 Å². The number of carbonyl (C=O) groups is 1. The van der Waals surface area contributed by atoms with E-state index in [0.717, 1.165) is 54.7 Å². The van der Waals surface area contributed by atoms with Gasteiger partial charge in [-0.05, 0) is 105 Å². The summed E-state index contributed by atoms with van der Waals surface area (Å²) in [6.07, 6.45) is 2.75. The van der Waals surface area contributed by atoms with Crippen molar-refractivity contribution >= 4 is 17.3 Å². The van der Waals surface area contributed by atoms with Gasteiger partial charge in [-0.2, -0.15) is 13.2 Å². The van der Waals surface area contributed by atoms with E-state index in [1.165, 1.54) is 31.4 Å². The molecular weight excluding hydrogens is 401 g/mol. The van der Waals surface area contributed by atoms with Gasteiger partial charge in [-0.15, -0.1) is 0 Å². The highest BCUT2D eigenvalue weighted by Gasteiger charge is 2.51. The topological polar surface area (TPSA) is 41.1 Å². The summed E-state index contributed by atoms with van der Waals surface area (Å²) in [5.74, 6) is 2.09. The average Bonchev–Trinajstić information content (AvgIpc) is 2.66. The zero-order valence-corrected chi connectivity index (χ0v) is 17.6. The highest BCUT2D eigenvalue weighted by Crippen LogP contribution is 2.55. The lowest BCUT2D eigenvalue weighted by molar-refractivity contribution is -0.137. The SMILES string of the molecule is Cc1ccc(C(=O)NC23CC4CC(CC(C4)C2)C3)c(Nc2ccc(C(F)(F)F)cc2)c1. The van der Waals surface area contributed by atoms with E-state index >= 15 is 0 Å². The van der Waals surface area contributed by atoms with Crippen molar-refractivity contribution in [1.29, 1.82) is 0 Å². The minimum atomic E-state index is -4.37. The fourth-order valence-corrected chi connectivity index (χ4v) is 6.43. The van der Waals surface area contributed by atoms with Crippen LogP contribution in [0.1, 0.15) is 60.0 Å². The molecule has 2 N–H and O–H groups in total. The molecular formula is C25H27F3N2O. The standard InChI is InChI=1S/C25H27F3N2O/c1-15-2-7-21(22(8-15)29-20-5-3-19(4-6-20)25(26,27)28)23(31)30-24-12-16-9-17(13-24)11-18(10-16)14-24/h2-8,16-18,29H,9-14H2,1H3,(H,30,31). The molecule has 6 heteroatoms. The molecule has 2 aromatic rings. The van der Waals surface area contributed by atoms with Crippen molar-refractivity contribution in [1.82, 2.24) is 5.32 Å². The molecule has 3 nitrogen and oxygen atoms in total. The summed E-state index contributed by atoms with van der Waals surface area (Å²) in [4.78, 5) is 13.3. The molecule has 0 heterocycles. The van der Waals surface area contributed by atoms with Crippen LogP contribution in [0.25, 0.3) is 0 Å². The summed E-state index contributed by atoms with van der Waals surface area (Å²) in [6.45, 7) is 1.93. The monoisotopic (exact) mass is 428 g/mol. The Hall–Kier alpha value is -2.50. The van der Waals surface area contributed by atoms with Crippen LogP contribution < -0.4 is 10.6 Å². The summed E-state index contributed by atoms with van der Waals surface area (Å²) in [5, 5.41) is 6.54. The molecule has 1 amide bonds. The molecule has 4 aliphatic rings. The van der Waals surface area contributed by atoms with Gasteiger partial charge in [0, 0.05) is 11.2 Å². The van der Waals surface area contributed by atoms with Crippen LogP contribution in [0.5, 0.6) is 0 Å². The molecule has 0 saturated heterocycles. The summed E-state index contributed by atoms with van der Waals surface area (Å²) < 4.78 is 38.6. The van der Waals surface area contributed by atoms with Crippen LogP contribution in [-0.2, 0) is 6.18 Å². The maximum atomic E-state index is 13.3. The van der Waals surface area contributed by atoms with Gasteiger partial charge in [0.1, 0.15) is 0 Å². The third-order valence-electron chi connectivity index (χ3n) is 7.33. The van der Waals surface area contributed by atoms with Crippen molar-refractivity contribution in [2.24, 2.45) is 17.8 Å². The second-order valence-electron chi connectivity index (χ2n) is 9.90. The van der Waals surface area contributed by atoms with E-state index in [-0.39, 0.29) is 11.4 Å². The van der Waals surface area contributed by atoms with Gasteiger partial charge in [-0.1, -0.05) is 6.07 Å². The first-order chi connectivity index (χ1) is 14.7. The van der Waals surface area contributed by atoms with E-state index in [2.05, 4.69) is 10.6 Å². The fraction of sp³-hybridized carbons (Fsp3) is 0.480.